The summed E-state index contributed by atoms with van der Waals surface area (Å²) in [6, 6.07) is 5.21. The Balaban J connectivity index is 2.55. The van der Waals surface area contributed by atoms with Crippen molar-refractivity contribution in [2.45, 2.75) is 20.3 Å². The molecular weight excluding hydrogens is 218 g/mol. The lowest BCUT2D eigenvalue weighted by Crippen LogP contribution is -2.22. The highest BCUT2D eigenvalue weighted by atomic mass is 16.6. The van der Waals surface area contributed by atoms with E-state index in [0.717, 1.165) is 25.1 Å². The molecule has 1 aromatic carbocycles. The summed E-state index contributed by atoms with van der Waals surface area (Å²) in [5.74, 6) is 0. The molecule has 17 heavy (non-hydrogen) atoms. The molecule has 94 valence electrons. The SMILES string of the molecule is CCCNCCNc1ccc(C)cc1[N+](=O)[O-]. The lowest BCUT2D eigenvalue weighted by molar-refractivity contribution is -0.384. The van der Waals surface area contributed by atoms with Gasteiger partial charge in [0.05, 0.1) is 4.92 Å². The Bertz CT molecular complexity index is 380. The van der Waals surface area contributed by atoms with Gasteiger partial charge in [-0.2, -0.15) is 0 Å². The first-order valence-electron chi connectivity index (χ1n) is 5.84. The highest BCUT2D eigenvalue weighted by molar-refractivity contribution is 5.62. The molecule has 0 saturated heterocycles. The van der Waals surface area contributed by atoms with Crippen LogP contribution >= 0.6 is 0 Å². The molecule has 0 bridgehead atoms. The Morgan fingerprint density at radius 1 is 1.29 bits per heavy atom. The van der Waals surface area contributed by atoms with Crippen molar-refractivity contribution in [3.05, 3.63) is 33.9 Å². The van der Waals surface area contributed by atoms with Crippen molar-refractivity contribution in [1.82, 2.24) is 5.32 Å². The van der Waals surface area contributed by atoms with E-state index in [1.54, 1.807) is 12.1 Å². The zero-order chi connectivity index (χ0) is 12.7. The maximum Gasteiger partial charge on any atom is 0.292 e. The van der Waals surface area contributed by atoms with Gasteiger partial charge in [-0.25, -0.2) is 0 Å². The van der Waals surface area contributed by atoms with Crippen molar-refractivity contribution >= 4 is 11.4 Å². The van der Waals surface area contributed by atoms with E-state index in [4.69, 9.17) is 0 Å². The van der Waals surface area contributed by atoms with Crippen molar-refractivity contribution < 1.29 is 4.92 Å². The maximum absolute atomic E-state index is 10.9. The van der Waals surface area contributed by atoms with Gasteiger partial charge in [-0.05, 0) is 31.5 Å². The van der Waals surface area contributed by atoms with E-state index in [9.17, 15) is 10.1 Å². The highest BCUT2D eigenvalue weighted by Gasteiger charge is 2.12. The molecule has 0 aliphatic rings. The second-order valence-corrected chi connectivity index (χ2v) is 3.95. The molecule has 0 radical (unpaired) electrons. The average Bonchev–Trinajstić information content (AvgIpc) is 2.30. The van der Waals surface area contributed by atoms with Crippen molar-refractivity contribution in [3.8, 4) is 0 Å². The summed E-state index contributed by atoms with van der Waals surface area (Å²) in [5.41, 5.74) is 1.62. The number of nitrogens with zero attached hydrogens (tertiary/aromatic N) is 1. The van der Waals surface area contributed by atoms with Gasteiger partial charge in [-0.3, -0.25) is 10.1 Å². The van der Waals surface area contributed by atoms with Crippen LogP contribution in [0.5, 0.6) is 0 Å². The smallest absolute Gasteiger partial charge is 0.292 e. The summed E-state index contributed by atoms with van der Waals surface area (Å²) in [6.07, 6.45) is 1.09. The van der Waals surface area contributed by atoms with Crippen molar-refractivity contribution in [1.29, 1.82) is 0 Å². The monoisotopic (exact) mass is 237 g/mol. The first-order chi connectivity index (χ1) is 8.15. The second-order valence-electron chi connectivity index (χ2n) is 3.95. The molecule has 5 heteroatoms. The Morgan fingerprint density at radius 3 is 2.71 bits per heavy atom. The van der Waals surface area contributed by atoms with E-state index < -0.39 is 0 Å². The zero-order valence-electron chi connectivity index (χ0n) is 10.3. The largest absolute Gasteiger partial charge is 0.378 e. The average molecular weight is 237 g/mol. The quantitative estimate of drug-likeness (QED) is 0.434. The minimum atomic E-state index is -0.352. The van der Waals surface area contributed by atoms with E-state index in [-0.39, 0.29) is 10.6 Å². The first kappa shape index (κ1) is 13.4. The molecule has 2 N–H and O–H groups in total. The number of anilines is 1. The molecule has 0 aliphatic heterocycles. The molecule has 0 aliphatic carbocycles. The predicted octanol–water partition coefficient (Wildman–Crippen LogP) is 2.31. The maximum atomic E-state index is 10.9. The van der Waals surface area contributed by atoms with Crippen LogP contribution in [0.1, 0.15) is 18.9 Å². The van der Waals surface area contributed by atoms with Gasteiger partial charge in [0.25, 0.3) is 5.69 Å². The van der Waals surface area contributed by atoms with Crippen LogP contribution < -0.4 is 10.6 Å². The van der Waals surface area contributed by atoms with Crippen LogP contribution in [0.15, 0.2) is 18.2 Å². The Hall–Kier alpha value is -1.62. The lowest BCUT2D eigenvalue weighted by atomic mass is 10.2. The number of hydrogen-bond acceptors (Lipinski definition) is 4. The molecule has 0 heterocycles. The number of hydrogen-bond donors (Lipinski definition) is 2. The third-order valence-corrected chi connectivity index (χ3v) is 2.39. The van der Waals surface area contributed by atoms with E-state index in [1.807, 2.05) is 13.0 Å². The molecule has 0 amide bonds. The number of nitro benzene ring substituents is 1. The summed E-state index contributed by atoms with van der Waals surface area (Å²) in [5, 5.41) is 17.2. The highest BCUT2D eigenvalue weighted by Crippen LogP contribution is 2.24. The summed E-state index contributed by atoms with van der Waals surface area (Å²) in [4.78, 5) is 10.5. The molecule has 5 nitrogen and oxygen atoms in total. The molecule has 1 rings (SSSR count). The van der Waals surface area contributed by atoms with Gasteiger partial charge in [0.15, 0.2) is 0 Å². The van der Waals surface area contributed by atoms with E-state index in [1.165, 1.54) is 0 Å². The summed E-state index contributed by atoms with van der Waals surface area (Å²) in [7, 11) is 0. The van der Waals surface area contributed by atoms with Crippen molar-refractivity contribution in [2.75, 3.05) is 25.0 Å². The molecule has 0 fully saturated rings. The van der Waals surface area contributed by atoms with Crippen molar-refractivity contribution in [3.63, 3.8) is 0 Å². The summed E-state index contributed by atoms with van der Waals surface area (Å²) >= 11 is 0. The molecule has 0 spiro atoms. The first-order valence-corrected chi connectivity index (χ1v) is 5.84. The number of benzene rings is 1. The van der Waals surface area contributed by atoms with Crippen LogP contribution in [-0.4, -0.2) is 24.6 Å². The van der Waals surface area contributed by atoms with Gasteiger partial charge in [-0.15, -0.1) is 0 Å². The molecular formula is C12H19N3O2. The minimum Gasteiger partial charge on any atom is -0.378 e. The fourth-order valence-corrected chi connectivity index (χ4v) is 1.53. The van der Waals surface area contributed by atoms with Gasteiger partial charge < -0.3 is 10.6 Å². The van der Waals surface area contributed by atoms with Crippen LogP contribution in [0.25, 0.3) is 0 Å². The van der Waals surface area contributed by atoms with Gasteiger partial charge in [0.1, 0.15) is 5.69 Å². The number of rotatable bonds is 7. The lowest BCUT2D eigenvalue weighted by Gasteiger charge is -2.08. The van der Waals surface area contributed by atoms with Gasteiger partial charge >= 0.3 is 0 Å². The van der Waals surface area contributed by atoms with Crippen LogP contribution in [0, 0.1) is 17.0 Å². The second kappa shape index (κ2) is 6.85. The van der Waals surface area contributed by atoms with Gasteiger partial charge in [0, 0.05) is 19.2 Å². The topological polar surface area (TPSA) is 67.2 Å². The van der Waals surface area contributed by atoms with Crippen molar-refractivity contribution in [2.24, 2.45) is 0 Å². The predicted molar refractivity (Wildman–Crippen MR) is 69.5 cm³/mol. The van der Waals surface area contributed by atoms with Crippen LogP contribution in [-0.2, 0) is 0 Å². The fraction of sp³-hybridized carbons (Fsp3) is 0.500. The van der Waals surface area contributed by atoms with E-state index in [0.29, 0.717) is 12.2 Å². The van der Waals surface area contributed by atoms with Gasteiger partial charge in [0.2, 0.25) is 0 Å². The van der Waals surface area contributed by atoms with Crippen LogP contribution in [0.3, 0.4) is 0 Å². The van der Waals surface area contributed by atoms with Crippen LogP contribution in [0.4, 0.5) is 11.4 Å². The standard InChI is InChI=1S/C12H19N3O2/c1-3-6-13-7-8-14-11-5-4-10(2)9-12(11)15(16)17/h4-5,9,13-14H,3,6-8H2,1-2H3. The molecule has 0 unspecified atom stereocenters. The number of nitrogens with one attached hydrogen (secondary N) is 2. The summed E-state index contributed by atoms with van der Waals surface area (Å²) < 4.78 is 0. The molecule has 1 aromatic rings. The number of aryl methyl sites for hydroxylation is 1. The Labute approximate surface area is 101 Å². The summed E-state index contributed by atoms with van der Waals surface area (Å²) in [6.45, 7) is 6.41. The Kier molecular flexibility index (Phi) is 5.42. The number of nitro groups is 1. The van der Waals surface area contributed by atoms with Gasteiger partial charge in [-0.1, -0.05) is 13.0 Å². The minimum absolute atomic E-state index is 0.139. The zero-order valence-corrected chi connectivity index (χ0v) is 10.3. The van der Waals surface area contributed by atoms with E-state index >= 15 is 0 Å². The van der Waals surface area contributed by atoms with Crippen LogP contribution in [0.2, 0.25) is 0 Å². The third kappa shape index (κ3) is 4.40. The Morgan fingerprint density at radius 2 is 2.06 bits per heavy atom. The molecule has 0 atom stereocenters. The normalized spacial score (nSPS) is 10.2. The fourth-order valence-electron chi connectivity index (χ4n) is 1.53. The third-order valence-electron chi connectivity index (χ3n) is 2.39. The molecule has 0 saturated carbocycles. The van der Waals surface area contributed by atoms with E-state index in [2.05, 4.69) is 17.6 Å². The molecule has 0 aromatic heterocycles.